The van der Waals surface area contributed by atoms with Gasteiger partial charge in [0.15, 0.2) is 0 Å². The van der Waals surface area contributed by atoms with Crippen LogP contribution < -0.4 is 5.32 Å². The van der Waals surface area contributed by atoms with Gasteiger partial charge in [0.25, 0.3) is 10.0 Å². The van der Waals surface area contributed by atoms with E-state index in [1.807, 2.05) is 19.1 Å². The standard InChI is InChI=1S/C17H18BrClN2O3S2/c1-11(12-4-2-5-13(19)10-12)20-17(22)14-6-3-9-21(14)26(23,24)16-8-7-15(18)25-16/h2,4-5,7-8,10-11,14H,3,6,9H2,1H3,(H,20,22). The Morgan fingerprint density at radius 3 is 2.81 bits per heavy atom. The van der Waals surface area contributed by atoms with E-state index in [0.717, 1.165) is 20.7 Å². The Labute approximate surface area is 170 Å². The Bertz CT molecular complexity index is 916. The molecule has 0 spiro atoms. The second-order valence-corrected chi connectivity index (χ2v) is 11.1. The van der Waals surface area contributed by atoms with E-state index in [4.69, 9.17) is 11.6 Å². The van der Waals surface area contributed by atoms with Crippen molar-refractivity contribution in [1.82, 2.24) is 9.62 Å². The number of carbonyl (C=O) groups excluding carboxylic acids is 1. The fourth-order valence-electron chi connectivity index (χ4n) is 3.01. The van der Waals surface area contributed by atoms with E-state index in [2.05, 4.69) is 21.2 Å². The van der Waals surface area contributed by atoms with Gasteiger partial charge in [0.1, 0.15) is 10.3 Å². The Kier molecular flexibility index (Phi) is 6.08. The van der Waals surface area contributed by atoms with Crippen molar-refractivity contribution in [2.45, 2.75) is 36.1 Å². The number of nitrogens with one attached hydrogen (secondary N) is 1. The minimum absolute atomic E-state index is 0.243. The maximum Gasteiger partial charge on any atom is 0.253 e. The van der Waals surface area contributed by atoms with Crippen molar-refractivity contribution in [3.05, 3.63) is 50.8 Å². The molecule has 140 valence electrons. The monoisotopic (exact) mass is 476 g/mol. The number of hydrogen-bond acceptors (Lipinski definition) is 4. The molecule has 2 atom stereocenters. The van der Waals surface area contributed by atoms with Crippen molar-refractivity contribution in [3.63, 3.8) is 0 Å². The van der Waals surface area contributed by atoms with Crippen molar-refractivity contribution in [1.29, 1.82) is 0 Å². The maximum absolute atomic E-state index is 12.9. The molecule has 1 aliphatic heterocycles. The van der Waals surface area contributed by atoms with Gasteiger partial charge in [-0.3, -0.25) is 4.79 Å². The minimum Gasteiger partial charge on any atom is -0.348 e. The Hall–Kier alpha value is -0.930. The molecule has 5 nitrogen and oxygen atoms in total. The van der Waals surface area contributed by atoms with E-state index in [1.165, 1.54) is 4.31 Å². The van der Waals surface area contributed by atoms with Gasteiger partial charge in [0.2, 0.25) is 5.91 Å². The minimum atomic E-state index is -3.68. The molecule has 0 aliphatic carbocycles. The van der Waals surface area contributed by atoms with E-state index < -0.39 is 16.1 Å². The van der Waals surface area contributed by atoms with Crippen molar-refractivity contribution in [2.75, 3.05) is 6.54 Å². The van der Waals surface area contributed by atoms with Crippen molar-refractivity contribution < 1.29 is 13.2 Å². The topological polar surface area (TPSA) is 66.5 Å². The van der Waals surface area contributed by atoms with E-state index in [9.17, 15) is 13.2 Å². The highest BCUT2D eigenvalue weighted by Crippen LogP contribution is 2.32. The normalized spacial score (nSPS) is 19.4. The van der Waals surface area contributed by atoms with E-state index in [-0.39, 0.29) is 16.2 Å². The quantitative estimate of drug-likeness (QED) is 0.702. The number of sulfonamides is 1. The number of amides is 1. The first-order chi connectivity index (χ1) is 12.3. The molecule has 1 amide bonds. The number of thiophene rings is 1. The summed E-state index contributed by atoms with van der Waals surface area (Å²) in [5, 5.41) is 3.51. The van der Waals surface area contributed by atoms with Crippen molar-refractivity contribution >= 4 is 54.8 Å². The van der Waals surface area contributed by atoms with Gasteiger partial charge < -0.3 is 5.32 Å². The Balaban J connectivity index is 1.76. The molecule has 1 aromatic heterocycles. The Morgan fingerprint density at radius 2 is 2.15 bits per heavy atom. The SMILES string of the molecule is CC(NC(=O)C1CCCN1S(=O)(=O)c1ccc(Br)s1)c1cccc(Cl)c1. The van der Waals surface area contributed by atoms with Crippen LogP contribution in [0, 0.1) is 0 Å². The summed E-state index contributed by atoms with van der Waals surface area (Å²) in [6.07, 6.45) is 1.18. The molecule has 1 aliphatic rings. The van der Waals surface area contributed by atoms with E-state index >= 15 is 0 Å². The second-order valence-electron chi connectivity index (χ2n) is 6.12. The zero-order chi connectivity index (χ0) is 18.9. The maximum atomic E-state index is 12.9. The number of rotatable bonds is 5. The number of nitrogens with zero attached hydrogens (tertiary/aromatic N) is 1. The molecule has 2 unspecified atom stereocenters. The molecular weight excluding hydrogens is 460 g/mol. The average molecular weight is 478 g/mol. The molecule has 9 heteroatoms. The molecule has 3 rings (SSSR count). The number of hydrogen-bond donors (Lipinski definition) is 1. The first kappa shape index (κ1) is 19.8. The van der Waals surface area contributed by atoms with Crippen LogP contribution in [-0.2, 0) is 14.8 Å². The molecule has 0 radical (unpaired) electrons. The molecule has 0 saturated carbocycles. The largest absolute Gasteiger partial charge is 0.348 e. The lowest BCUT2D eigenvalue weighted by Gasteiger charge is -2.24. The highest BCUT2D eigenvalue weighted by molar-refractivity contribution is 9.11. The smallest absolute Gasteiger partial charge is 0.253 e. The predicted octanol–water partition coefficient (Wildman–Crippen LogP) is 4.19. The summed E-state index contributed by atoms with van der Waals surface area (Å²) in [7, 11) is -3.68. The van der Waals surface area contributed by atoms with Crippen LogP contribution in [0.25, 0.3) is 0 Å². The van der Waals surface area contributed by atoms with Crippen LogP contribution >= 0.6 is 38.9 Å². The van der Waals surface area contributed by atoms with Gasteiger partial charge in [0.05, 0.1) is 9.83 Å². The summed E-state index contributed by atoms with van der Waals surface area (Å²) < 4.78 is 28.1. The number of halogens is 2. The van der Waals surface area contributed by atoms with Crippen molar-refractivity contribution in [3.8, 4) is 0 Å². The molecule has 26 heavy (non-hydrogen) atoms. The lowest BCUT2D eigenvalue weighted by atomic mass is 10.1. The first-order valence-electron chi connectivity index (χ1n) is 8.12. The second kappa shape index (κ2) is 7.98. The van der Waals surface area contributed by atoms with Crippen molar-refractivity contribution in [2.24, 2.45) is 0 Å². The zero-order valence-electron chi connectivity index (χ0n) is 14.0. The lowest BCUT2D eigenvalue weighted by Crippen LogP contribution is -2.46. The highest BCUT2D eigenvalue weighted by atomic mass is 79.9. The number of carbonyl (C=O) groups is 1. The third-order valence-electron chi connectivity index (χ3n) is 4.33. The molecule has 1 fully saturated rings. The first-order valence-corrected chi connectivity index (χ1v) is 11.5. The molecule has 1 N–H and O–H groups in total. The summed E-state index contributed by atoms with van der Waals surface area (Å²) in [6.45, 7) is 2.20. The zero-order valence-corrected chi connectivity index (χ0v) is 18.0. The third kappa shape index (κ3) is 4.14. The van der Waals surface area contributed by atoms with Crippen LogP contribution in [0.15, 0.2) is 44.4 Å². The van der Waals surface area contributed by atoms with Crippen LogP contribution in [0.1, 0.15) is 31.4 Å². The summed E-state index contributed by atoms with van der Waals surface area (Å²) in [5.74, 6) is -0.283. The molecule has 1 saturated heterocycles. The molecule has 2 heterocycles. The summed E-state index contributed by atoms with van der Waals surface area (Å²) in [5.41, 5.74) is 0.875. The molecular formula is C17H18BrClN2O3S2. The van der Waals surface area contributed by atoms with Crippen LogP contribution in [0.5, 0.6) is 0 Å². The van der Waals surface area contributed by atoms with Gasteiger partial charge in [-0.25, -0.2) is 8.42 Å². The third-order valence-corrected chi connectivity index (χ3v) is 8.56. The van der Waals surface area contributed by atoms with Gasteiger partial charge in [-0.05, 0) is 65.5 Å². The summed E-state index contributed by atoms with van der Waals surface area (Å²) in [4.78, 5) is 12.8. The fraction of sp³-hybridized carbons (Fsp3) is 0.353. The average Bonchev–Trinajstić information content (AvgIpc) is 3.24. The van der Waals surface area contributed by atoms with Gasteiger partial charge in [-0.1, -0.05) is 23.7 Å². The molecule has 1 aromatic carbocycles. The Morgan fingerprint density at radius 1 is 1.38 bits per heavy atom. The van der Waals surface area contributed by atoms with Gasteiger partial charge >= 0.3 is 0 Å². The summed E-state index contributed by atoms with van der Waals surface area (Å²) >= 11 is 10.4. The number of benzene rings is 1. The summed E-state index contributed by atoms with van der Waals surface area (Å²) in [6, 6.07) is 9.56. The fourth-order valence-corrected chi connectivity index (χ4v) is 7.01. The molecule has 0 bridgehead atoms. The lowest BCUT2D eigenvalue weighted by molar-refractivity contribution is -0.124. The highest BCUT2D eigenvalue weighted by Gasteiger charge is 2.40. The van der Waals surface area contributed by atoms with Crippen LogP contribution in [0.3, 0.4) is 0 Å². The van der Waals surface area contributed by atoms with E-state index in [0.29, 0.717) is 24.4 Å². The van der Waals surface area contributed by atoms with Crippen LogP contribution in [0.2, 0.25) is 5.02 Å². The molecule has 2 aromatic rings. The van der Waals surface area contributed by atoms with Crippen LogP contribution in [0.4, 0.5) is 0 Å². The van der Waals surface area contributed by atoms with E-state index in [1.54, 1.807) is 24.3 Å². The van der Waals surface area contributed by atoms with Gasteiger partial charge in [-0.2, -0.15) is 4.31 Å². The van der Waals surface area contributed by atoms with Gasteiger partial charge in [-0.15, -0.1) is 11.3 Å². The predicted molar refractivity (Wildman–Crippen MR) is 107 cm³/mol. The van der Waals surface area contributed by atoms with Gasteiger partial charge in [0, 0.05) is 11.6 Å². The van der Waals surface area contributed by atoms with Crippen LogP contribution in [-0.4, -0.2) is 31.2 Å².